The Morgan fingerprint density at radius 1 is 1.50 bits per heavy atom. The van der Waals surface area contributed by atoms with Gasteiger partial charge in [-0.2, -0.15) is 0 Å². The molecule has 1 aliphatic rings. The van der Waals surface area contributed by atoms with E-state index in [9.17, 15) is 0 Å². The second-order valence-corrected chi connectivity index (χ2v) is 4.51. The Labute approximate surface area is 89.7 Å². The van der Waals surface area contributed by atoms with Gasteiger partial charge in [-0.25, -0.2) is 4.98 Å². The quantitative estimate of drug-likeness (QED) is 0.827. The summed E-state index contributed by atoms with van der Waals surface area (Å²) in [6.07, 6.45) is 4.31. The van der Waals surface area contributed by atoms with Crippen LogP contribution in [0.5, 0.6) is 0 Å². The summed E-state index contributed by atoms with van der Waals surface area (Å²) in [7, 11) is 0. The fraction of sp³-hybridized carbons (Fsp3) is 0.545. The molecule has 0 amide bonds. The third-order valence-corrected chi connectivity index (χ3v) is 2.86. The van der Waals surface area contributed by atoms with Crippen LogP contribution in [0.25, 0.3) is 0 Å². The van der Waals surface area contributed by atoms with Crippen LogP contribution in [0.2, 0.25) is 5.02 Å². The molecule has 1 saturated carbocycles. The Bertz CT molecular complexity index is 332. The Morgan fingerprint density at radius 2 is 2.21 bits per heavy atom. The van der Waals surface area contributed by atoms with E-state index in [4.69, 9.17) is 11.6 Å². The molecule has 14 heavy (non-hydrogen) atoms. The van der Waals surface area contributed by atoms with Crippen LogP contribution in [0.4, 0.5) is 5.82 Å². The minimum atomic E-state index is 0.449. The summed E-state index contributed by atoms with van der Waals surface area (Å²) in [5.74, 6) is 1.30. The molecule has 2 nitrogen and oxygen atoms in total. The van der Waals surface area contributed by atoms with Crippen molar-refractivity contribution in [2.45, 2.75) is 38.6 Å². The fourth-order valence-corrected chi connectivity index (χ4v) is 1.81. The van der Waals surface area contributed by atoms with E-state index in [2.05, 4.69) is 24.1 Å². The summed E-state index contributed by atoms with van der Waals surface area (Å²) in [4.78, 5) is 4.26. The first-order chi connectivity index (χ1) is 6.68. The Hall–Kier alpha value is -0.760. The zero-order valence-corrected chi connectivity index (χ0v) is 9.30. The van der Waals surface area contributed by atoms with E-state index in [-0.39, 0.29) is 0 Å². The number of halogens is 1. The molecule has 0 aliphatic heterocycles. The standard InChI is InChI=1S/C11H15ClN2/c1-7(2)9-5-6-13-11(10(9)12)14-8-3-4-8/h5-8H,3-4H2,1-2H3,(H,13,14). The third-order valence-electron chi connectivity index (χ3n) is 2.46. The van der Waals surface area contributed by atoms with Gasteiger partial charge in [0.1, 0.15) is 5.82 Å². The predicted molar refractivity (Wildman–Crippen MR) is 60.0 cm³/mol. The summed E-state index contributed by atoms with van der Waals surface area (Å²) in [5, 5.41) is 4.12. The minimum Gasteiger partial charge on any atom is -0.366 e. The molecule has 0 bridgehead atoms. The molecule has 1 fully saturated rings. The minimum absolute atomic E-state index is 0.449. The van der Waals surface area contributed by atoms with Crippen molar-refractivity contribution in [3.05, 3.63) is 22.8 Å². The van der Waals surface area contributed by atoms with Gasteiger partial charge in [0.25, 0.3) is 0 Å². The summed E-state index contributed by atoms with van der Waals surface area (Å²) in [5.41, 5.74) is 1.17. The number of hydrogen-bond donors (Lipinski definition) is 1. The summed E-state index contributed by atoms with van der Waals surface area (Å²) >= 11 is 6.25. The van der Waals surface area contributed by atoms with E-state index in [0.717, 1.165) is 10.8 Å². The van der Waals surface area contributed by atoms with Crippen molar-refractivity contribution in [3.8, 4) is 0 Å². The highest BCUT2D eigenvalue weighted by Crippen LogP contribution is 2.32. The van der Waals surface area contributed by atoms with Crippen LogP contribution in [-0.2, 0) is 0 Å². The normalized spacial score (nSPS) is 16.0. The first kappa shape index (κ1) is 9.78. The average molecular weight is 211 g/mol. The molecular weight excluding hydrogens is 196 g/mol. The Kier molecular flexibility index (Phi) is 2.64. The van der Waals surface area contributed by atoms with Crippen molar-refractivity contribution in [2.75, 3.05) is 5.32 Å². The lowest BCUT2D eigenvalue weighted by molar-refractivity contribution is 0.863. The lowest BCUT2D eigenvalue weighted by Crippen LogP contribution is -2.05. The molecule has 76 valence electrons. The maximum Gasteiger partial charge on any atom is 0.145 e. The first-order valence-corrected chi connectivity index (χ1v) is 5.47. The molecule has 0 saturated heterocycles. The molecule has 1 aromatic rings. The van der Waals surface area contributed by atoms with Gasteiger partial charge in [-0.15, -0.1) is 0 Å². The largest absolute Gasteiger partial charge is 0.366 e. The second kappa shape index (κ2) is 3.77. The molecule has 0 unspecified atom stereocenters. The number of nitrogens with zero attached hydrogens (tertiary/aromatic N) is 1. The Balaban J connectivity index is 2.25. The zero-order chi connectivity index (χ0) is 10.1. The van der Waals surface area contributed by atoms with Gasteiger partial charge in [-0.3, -0.25) is 0 Å². The summed E-state index contributed by atoms with van der Waals surface area (Å²) < 4.78 is 0. The van der Waals surface area contributed by atoms with Crippen molar-refractivity contribution in [1.82, 2.24) is 4.98 Å². The molecule has 1 aromatic heterocycles. The highest BCUT2D eigenvalue weighted by molar-refractivity contribution is 6.33. The first-order valence-electron chi connectivity index (χ1n) is 5.09. The Morgan fingerprint density at radius 3 is 2.79 bits per heavy atom. The van der Waals surface area contributed by atoms with E-state index in [0.29, 0.717) is 12.0 Å². The molecule has 3 heteroatoms. The maximum atomic E-state index is 6.25. The molecule has 1 heterocycles. The van der Waals surface area contributed by atoms with Crippen LogP contribution < -0.4 is 5.32 Å². The van der Waals surface area contributed by atoms with Crippen molar-refractivity contribution >= 4 is 17.4 Å². The van der Waals surface area contributed by atoms with Gasteiger partial charge < -0.3 is 5.32 Å². The SMILES string of the molecule is CC(C)c1ccnc(NC2CC2)c1Cl. The van der Waals surface area contributed by atoms with E-state index >= 15 is 0 Å². The lowest BCUT2D eigenvalue weighted by atomic mass is 10.1. The molecule has 0 aromatic carbocycles. The number of aromatic nitrogens is 1. The van der Waals surface area contributed by atoms with Crippen molar-refractivity contribution in [3.63, 3.8) is 0 Å². The van der Waals surface area contributed by atoms with Crippen molar-refractivity contribution in [2.24, 2.45) is 0 Å². The predicted octanol–water partition coefficient (Wildman–Crippen LogP) is 3.43. The van der Waals surface area contributed by atoms with Gasteiger partial charge in [0.2, 0.25) is 0 Å². The van der Waals surface area contributed by atoms with Crippen molar-refractivity contribution in [1.29, 1.82) is 0 Å². The molecule has 1 N–H and O–H groups in total. The van der Waals surface area contributed by atoms with Gasteiger partial charge in [0, 0.05) is 12.2 Å². The number of hydrogen-bond acceptors (Lipinski definition) is 2. The van der Waals surface area contributed by atoms with Crippen LogP contribution in [0.15, 0.2) is 12.3 Å². The van der Waals surface area contributed by atoms with Crippen LogP contribution in [0.1, 0.15) is 38.2 Å². The molecule has 0 radical (unpaired) electrons. The molecular formula is C11H15ClN2. The van der Waals surface area contributed by atoms with Crippen molar-refractivity contribution < 1.29 is 0 Å². The number of anilines is 1. The third kappa shape index (κ3) is 2.01. The number of rotatable bonds is 3. The van der Waals surface area contributed by atoms with Crippen LogP contribution >= 0.6 is 11.6 Å². The molecule has 0 spiro atoms. The van der Waals surface area contributed by atoms with E-state index < -0.39 is 0 Å². The van der Waals surface area contributed by atoms with E-state index in [1.807, 2.05) is 12.3 Å². The molecule has 0 atom stereocenters. The number of nitrogens with one attached hydrogen (secondary N) is 1. The van der Waals surface area contributed by atoms with Gasteiger partial charge in [0.15, 0.2) is 0 Å². The monoisotopic (exact) mass is 210 g/mol. The van der Waals surface area contributed by atoms with E-state index in [1.165, 1.54) is 18.4 Å². The van der Waals surface area contributed by atoms with Crippen LogP contribution in [0, 0.1) is 0 Å². The van der Waals surface area contributed by atoms with Gasteiger partial charge in [-0.05, 0) is 30.4 Å². The number of pyridine rings is 1. The van der Waals surface area contributed by atoms with E-state index in [1.54, 1.807) is 0 Å². The van der Waals surface area contributed by atoms with Gasteiger partial charge >= 0.3 is 0 Å². The second-order valence-electron chi connectivity index (χ2n) is 4.14. The van der Waals surface area contributed by atoms with Crippen LogP contribution in [0.3, 0.4) is 0 Å². The van der Waals surface area contributed by atoms with Crippen LogP contribution in [-0.4, -0.2) is 11.0 Å². The molecule has 1 aliphatic carbocycles. The fourth-order valence-electron chi connectivity index (χ4n) is 1.43. The zero-order valence-electron chi connectivity index (χ0n) is 8.55. The average Bonchev–Trinajstić information content (AvgIpc) is 2.92. The summed E-state index contributed by atoms with van der Waals surface area (Å²) in [6, 6.07) is 2.59. The molecule has 2 rings (SSSR count). The highest BCUT2D eigenvalue weighted by Gasteiger charge is 2.23. The smallest absolute Gasteiger partial charge is 0.145 e. The van der Waals surface area contributed by atoms with Gasteiger partial charge in [0.05, 0.1) is 5.02 Å². The maximum absolute atomic E-state index is 6.25. The topological polar surface area (TPSA) is 24.9 Å². The van der Waals surface area contributed by atoms with Gasteiger partial charge in [-0.1, -0.05) is 25.4 Å². The highest BCUT2D eigenvalue weighted by atomic mass is 35.5. The lowest BCUT2D eigenvalue weighted by Gasteiger charge is -2.12. The summed E-state index contributed by atoms with van der Waals surface area (Å²) in [6.45, 7) is 4.28.